The van der Waals surface area contributed by atoms with Crippen molar-refractivity contribution in [2.45, 2.75) is 39.5 Å². The molecule has 0 spiro atoms. The molecule has 3 fully saturated rings. The molecule has 0 aromatic rings. The van der Waals surface area contributed by atoms with Gasteiger partial charge < -0.3 is 10.2 Å². The maximum Gasteiger partial charge on any atom is 0.230 e. The van der Waals surface area contributed by atoms with Crippen LogP contribution in [0.5, 0.6) is 0 Å². The molecule has 4 nitrogen and oxygen atoms in total. The van der Waals surface area contributed by atoms with E-state index in [9.17, 15) is 4.79 Å². The van der Waals surface area contributed by atoms with Crippen LogP contribution in [0, 0.1) is 17.3 Å². The van der Waals surface area contributed by atoms with Gasteiger partial charge in [-0.1, -0.05) is 26.7 Å². The van der Waals surface area contributed by atoms with Crippen LogP contribution in [0.1, 0.15) is 39.5 Å². The molecule has 2 atom stereocenters. The summed E-state index contributed by atoms with van der Waals surface area (Å²) in [6.45, 7) is 11.6. The third-order valence-electron chi connectivity index (χ3n) is 5.75. The summed E-state index contributed by atoms with van der Waals surface area (Å²) < 4.78 is 0. The third-order valence-corrected chi connectivity index (χ3v) is 5.75. The van der Waals surface area contributed by atoms with E-state index in [0.717, 1.165) is 52.2 Å². The fourth-order valence-electron chi connectivity index (χ4n) is 4.63. The average molecular weight is 293 g/mol. The first-order valence-electron chi connectivity index (χ1n) is 8.84. The van der Waals surface area contributed by atoms with Gasteiger partial charge in [-0.15, -0.1) is 0 Å². The molecule has 1 amide bonds. The van der Waals surface area contributed by atoms with Gasteiger partial charge in [-0.3, -0.25) is 9.69 Å². The molecule has 0 aromatic carbocycles. The fraction of sp³-hybridized carbons (Fsp3) is 0.941. The minimum Gasteiger partial charge on any atom is -0.340 e. The molecule has 21 heavy (non-hydrogen) atoms. The van der Waals surface area contributed by atoms with E-state index in [-0.39, 0.29) is 5.41 Å². The normalized spacial score (nSPS) is 34.2. The molecule has 2 heterocycles. The molecule has 0 radical (unpaired) electrons. The molecule has 1 aliphatic carbocycles. The molecule has 1 saturated carbocycles. The fourth-order valence-corrected chi connectivity index (χ4v) is 4.63. The van der Waals surface area contributed by atoms with Crippen LogP contribution < -0.4 is 5.32 Å². The zero-order valence-electron chi connectivity index (χ0n) is 13.7. The number of hydrogen-bond donors (Lipinski definition) is 1. The van der Waals surface area contributed by atoms with Crippen molar-refractivity contribution >= 4 is 5.91 Å². The summed E-state index contributed by atoms with van der Waals surface area (Å²) in [5.74, 6) is 1.77. The van der Waals surface area contributed by atoms with Gasteiger partial charge in [-0.2, -0.15) is 0 Å². The van der Waals surface area contributed by atoms with Crippen molar-refractivity contribution in [1.29, 1.82) is 0 Å². The lowest BCUT2D eigenvalue weighted by Gasteiger charge is -2.43. The second-order valence-corrected chi connectivity index (χ2v) is 7.72. The summed E-state index contributed by atoms with van der Waals surface area (Å²) in [6, 6.07) is 0. The van der Waals surface area contributed by atoms with E-state index >= 15 is 0 Å². The van der Waals surface area contributed by atoms with Gasteiger partial charge >= 0.3 is 0 Å². The summed E-state index contributed by atoms with van der Waals surface area (Å²) in [5.41, 5.74) is -0.0571. The molecule has 1 N–H and O–H groups in total. The maximum atomic E-state index is 13.2. The van der Waals surface area contributed by atoms with Gasteiger partial charge in [0, 0.05) is 39.3 Å². The molecule has 0 unspecified atom stereocenters. The molecule has 0 aromatic heterocycles. The highest BCUT2D eigenvalue weighted by molar-refractivity contribution is 5.84. The highest BCUT2D eigenvalue weighted by Gasteiger charge is 2.51. The molecule has 2 aliphatic heterocycles. The predicted molar refractivity (Wildman–Crippen MR) is 85.1 cm³/mol. The zero-order valence-corrected chi connectivity index (χ0v) is 13.7. The van der Waals surface area contributed by atoms with Crippen LogP contribution in [-0.4, -0.2) is 61.5 Å². The summed E-state index contributed by atoms with van der Waals surface area (Å²) in [6.07, 6.45) is 4.89. The minimum absolute atomic E-state index is 0.0571. The largest absolute Gasteiger partial charge is 0.340 e. The van der Waals surface area contributed by atoms with Crippen molar-refractivity contribution in [3.63, 3.8) is 0 Å². The van der Waals surface area contributed by atoms with E-state index in [1.165, 1.54) is 19.3 Å². The van der Waals surface area contributed by atoms with Crippen LogP contribution in [0.3, 0.4) is 0 Å². The number of piperazine rings is 1. The molecule has 120 valence electrons. The molecular formula is C17H31N3O. The second kappa shape index (κ2) is 6.25. The predicted octanol–water partition coefficient (Wildman–Crippen LogP) is 1.57. The number of amides is 1. The number of hydrogen-bond acceptors (Lipinski definition) is 3. The molecule has 2 saturated heterocycles. The Morgan fingerprint density at radius 3 is 2.71 bits per heavy atom. The first-order chi connectivity index (χ1) is 10.1. The van der Waals surface area contributed by atoms with Crippen molar-refractivity contribution in [1.82, 2.24) is 15.1 Å². The Morgan fingerprint density at radius 2 is 2.00 bits per heavy atom. The van der Waals surface area contributed by atoms with Crippen LogP contribution in [0.15, 0.2) is 0 Å². The Balaban J connectivity index is 1.61. The Morgan fingerprint density at radius 1 is 1.24 bits per heavy atom. The molecular weight excluding hydrogens is 262 g/mol. The quantitative estimate of drug-likeness (QED) is 0.858. The van der Waals surface area contributed by atoms with Gasteiger partial charge in [0.1, 0.15) is 0 Å². The van der Waals surface area contributed by atoms with Gasteiger partial charge in [0.15, 0.2) is 0 Å². The number of fused-ring (bicyclic) bond motifs is 1. The number of carbonyl (C=O) groups is 1. The Labute approximate surface area is 129 Å². The van der Waals surface area contributed by atoms with Crippen molar-refractivity contribution in [2.24, 2.45) is 17.3 Å². The monoisotopic (exact) mass is 293 g/mol. The lowest BCUT2D eigenvalue weighted by atomic mass is 9.67. The van der Waals surface area contributed by atoms with E-state index in [4.69, 9.17) is 0 Å². The maximum absolute atomic E-state index is 13.2. The van der Waals surface area contributed by atoms with Gasteiger partial charge in [0.25, 0.3) is 0 Å². The summed E-state index contributed by atoms with van der Waals surface area (Å²) >= 11 is 0. The Hall–Kier alpha value is -0.610. The third kappa shape index (κ3) is 2.98. The molecule has 4 heteroatoms. The van der Waals surface area contributed by atoms with Gasteiger partial charge in [0.05, 0.1) is 5.41 Å². The highest BCUT2D eigenvalue weighted by Crippen LogP contribution is 2.45. The molecule has 3 aliphatic rings. The molecule has 3 rings (SSSR count). The topological polar surface area (TPSA) is 35.6 Å². The number of nitrogens with one attached hydrogen (secondary N) is 1. The SMILES string of the molecule is CC(C)CN1CCN(C(=O)[C@@]23CCCC[C@H]2CNC3)CC1. The smallest absolute Gasteiger partial charge is 0.230 e. The van der Waals surface area contributed by atoms with Gasteiger partial charge in [-0.05, 0) is 31.2 Å². The van der Waals surface area contributed by atoms with Gasteiger partial charge in [0.2, 0.25) is 5.91 Å². The first kappa shape index (κ1) is 15.3. The van der Waals surface area contributed by atoms with E-state index in [1.807, 2.05) is 0 Å². The van der Waals surface area contributed by atoms with Crippen LogP contribution in [0.4, 0.5) is 0 Å². The lowest BCUT2D eigenvalue weighted by Crippen LogP contribution is -2.56. The first-order valence-corrected chi connectivity index (χ1v) is 8.84. The second-order valence-electron chi connectivity index (χ2n) is 7.72. The number of nitrogens with zero attached hydrogens (tertiary/aromatic N) is 2. The van der Waals surface area contributed by atoms with Crippen LogP contribution in [0.25, 0.3) is 0 Å². The van der Waals surface area contributed by atoms with Crippen molar-refractivity contribution in [3.05, 3.63) is 0 Å². The highest BCUT2D eigenvalue weighted by atomic mass is 16.2. The standard InChI is InChI=1S/C17H31N3O/c1-14(2)12-19-7-9-20(10-8-19)16(21)17-6-4-3-5-15(17)11-18-13-17/h14-15,18H,3-13H2,1-2H3/t15-,17+/m0/s1. The van der Waals surface area contributed by atoms with Crippen molar-refractivity contribution in [2.75, 3.05) is 45.8 Å². The molecule has 0 bridgehead atoms. The Bertz CT molecular complexity index is 376. The van der Waals surface area contributed by atoms with Gasteiger partial charge in [-0.25, -0.2) is 0 Å². The number of carbonyl (C=O) groups excluding carboxylic acids is 1. The summed E-state index contributed by atoms with van der Waals surface area (Å²) in [5, 5.41) is 3.50. The van der Waals surface area contributed by atoms with Crippen LogP contribution in [-0.2, 0) is 4.79 Å². The van der Waals surface area contributed by atoms with E-state index < -0.39 is 0 Å². The van der Waals surface area contributed by atoms with E-state index in [1.54, 1.807) is 0 Å². The van der Waals surface area contributed by atoms with Crippen molar-refractivity contribution in [3.8, 4) is 0 Å². The minimum atomic E-state index is -0.0571. The van der Waals surface area contributed by atoms with E-state index in [2.05, 4.69) is 29.0 Å². The lowest BCUT2D eigenvalue weighted by molar-refractivity contribution is -0.147. The van der Waals surface area contributed by atoms with Crippen LogP contribution >= 0.6 is 0 Å². The average Bonchev–Trinajstić information content (AvgIpc) is 2.91. The number of rotatable bonds is 3. The summed E-state index contributed by atoms with van der Waals surface area (Å²) in [4.78, 5) is 17.8. The van der Waals surface area contributed by atoms with E-state index in [0.29, 0.717) is 17.7 Å². The Kier molecular flexibility index (Phi) is 4.55. The van der Waals surface area contributed by atoms with Crippen molar-refractivity contribution < 1.29 is 4.79 Å². The summed E-state index contributed by atoms with van der Waals surface area (Å²) in [7, 11) is 0. The van der Waals surface area contributed by atoms with Crippen LogP contribution in [0.2, 0.25) is 0 Å². The zero-order chi connectivity index (χ0) is 14.9.